The van der Waals surface area contributed by atoms with Crippen molar-refractivity contribution < 1.29 is 0 Å². The zero-order valence-corrected chi connectivity index (χ0v) is 8.16. The lowest BCUT2D eigenvalue weighted by Gasteiger charge is -1.97. The molecule has 2 N–H and O–H groups in total. The van der Waals surface area contributed by atoms with Crippen molar-refractivity contribution in [2.75, 3.05) is 5.73 Å². The summed E-state index contributed by atoms with van der Waals surface area (Å²) in [6.07, 6.45) is 6.91. The number of aromatic nitrogens is 2. The Kier molecular flexibility index (Phi) is 2.25. The molecule has 0 unspecified atom stereocenters. The Morgan fingerprint density at radius 1 is 1.62 bits per heavy atom. The minimum absolute atomic E-state index is 0.669. The average Bonchev–Trinajstić information content (AvgIpc) is 2.88. The number of nitrogens with two attached hydrogens (primary N) is 1. The van der Waals surface area contributed by atoms with Gasteiger partial charge in [-0.15, -0.1) is 0 Å². The Morgan fingerprint density at radius 3 is 3.00 bits per heavy atom. The zero-order chi connectivity index (χ0) is 9.26. The van der Waals surface area contributed by atoms with Crippen LogP contribution in [-0.4, -0.2) is 9.78 Å². The van der Waals surface area contributed by atoms with Gasteiger partial charge in [0.1, 0.15) is 0 Å². The molecule has 0 radical (unpaired) electrons. The van der Waals surface area contributed by atoms with Crippen LogP contribution in [0.5, 0.6) is 0 Å². The fraction of sp³-hybridized carbons (Fsp3) is 0.700. The third-order valence-corrected chi connectivity index (χ3v) is 2.52. The van der Waals surface area contributed by atoms with Crippen molar-refractivity contribution in [3.63, 3.8) is 0 Å². The summed E-state index contributed by atoms with van der Waals surface area (Å²) in [5.74, 6) is 0.669. The number of aryl methyl sites for hydroxylation is 1. The van der Waals surface area contributed by atoms with Gasteiger partial charge in [-0.05, 0) is 19.3 Å². The Hall–Kier alpha value is -0.990. The maximum atomic E-state index is 5.87. The minimum atomic E-state index is 0.669. The highest BCUT2D eigenvalue weighted by Crippen LogP contribution is 2.41. The first-order chi connectivity index (χ1) is 6.31. The van der Waals surface area contributed by atoms with E-state index in [-0.39, 0.29) is 0 Å². The van der Waals surface area contributed by atoms with Crippen molar-refractivity contribution in [1.29, 1.82) is 0 Å². The van der Waals surface area contributed by atoms with Crippen LogP contribution in [0.2, 0.25) is 0 Å². The molecule has 3 heteroatoms. The first-order valence-electron chi connectivity index (χ1n) is 5.14. The van der Waals surface area contributed by atoms with Crippen LogP contribution in [0, 0.1) is 0 Å². The number of hydrogen-bond donors (Lipinski definition) is 1. The van der Waals surface area contributed by atoms with Gasteiger partial charge in [-0.25, -0.2) is 0 Å². The van der Waals surface area contributed by atoms with Gasteiger partial charge >= 0.3 is 0 Å². The quantitative estimate of drug-likeness (QED) is 0.769. The number of anilines is 1. The van der Waals surface area contributed by atoms with Gasteiger partial charge < -0.3 is 5.73 Å². The molecule has 0 amide bonds. The lowest BCUT2D eigenvalue weighted by molar-refractivity contribution is 0.565. The van der Waals surface area contributed by atoms with Crippen LogP contribution >= 0.6 is 0 Å². The number of rotatable bonds is 4. The highest BCUT2D eigenvalue weighted by atomic mass is 15.3. The summed E-state index contributed by atoms with van der Waals surface area (Å²) in [5.41, 5.74) is 7.89. The van der Waals surface area contributed by atoms with Crippen molar-refractivity contribution in [2.24, 2.45) is 0 Å². The molecule has 13 heavy (non-hydrogen) atoms. The van der Waals surface area contributed by atoms with Crippen LogP contribution in [0.25, 0.3) is 0 Å². The molecule has 2 rings (SSSR count). The zero-order valence-electron chi connectivity index (χ0n) is 8.16. The minimum Gasteiger partial charge on any atom is -0.396 e. The lowest BCUT2D eigenvalue weighted by atomic mass is 10.3. The van der Waals surface area contributed by atoms with Crippen LogP contribution in [0.4, 0.5) is 5.69 Å². The molecular weight excluding hydrogens is 162 g/mol. The molecule has 1 aromatic rings. The molecule has 0 spiro atoms. The number of hydrogen-bond acceptors (Lipinski definition) is 2. The normalized spacial score (nSPS) is 16.4. The van der Waals surface area contributed by atoms with Crippen LogP contribution in [0.3, 0.4) is 0 Å². The predicted octanol–water partition coefficient (Wildman–Crippen LogP) is 2.14. The van der Waals surface area contributed by atoms with E-state index < -0.39 is 0 Å². The van der Waals surface area contributed by atoms with E-state index in [9.17, 15) is 0 Å². The molecule has 1 aliphatic rings. The molecule has 1 heterocycles. The molecule has 0 bridgehead atoms. The molecule has 0 aliphatic heterocycles. The lowest BCUT2D eigenvalue weighted by Crippen LogP contribution is -1.98. The summed E-state index contributed by atoms with van der Waals surface area (Å²) in [4.78, 5) is 0. The van der Waals surface area contributed by atoms with E-state index in [4.69, 9.17) is 5.73 Å². The monoisotopic (exact) mass is 179 g/mol. The van der Waals surface area contributed by atoms with Crippen molar-refractivity contribution in [3.05, 3.63) is 11.9 Å². The first-order valence-corrected chi connectivity index (χ1v) is 5.14. The summed E-state index contributed by atoms with van der Waals surface area (Å²) in [7, 11) is 0. The fourth-order valence-corrected chi connectivity index (χ4v) is 1.56. The SMILES string of the molecule is CCCCn1cc(N)c(C2CC2)n1. The molecule has 0 atom stereocenters. The summed E-state index contributed by atoms with van der Waals surface area (Å²) in [6.45, 7) is 3.20. The second-order valence-electron chi connectivity index (χ2n) is 3.86. The van der Waals surface area contributed by atoms with Gasteiger partial charge in [0, 0.05) is 18.7 Å². The number of nitrogen functional groups attached to an aromatic ring is 1. The average molecular weight is 179 g/mol. The van der Waals surface area contributed by atoms with E-state index in [1.165, 1.54) is 25.7 Å². The molecule has 72 valence electrons. The Bertz CT molecular complexity index is 286. The molecule has 1 aromatic heterocycles. The molecule has 0 saturated heterocycles. The van der Waals surface area contributed by atoms with Gasteiger partial charge in [0.2, 0.25) is 0 Å². The molecular formula is C10H17N3. The molecule has 1 saturated carbocycles. The van der Waals surface area contributed by atoms with Gasteiger partial charge in [-0.2, -0.15) is 5.10 Å². The molecule has 1 fully saturated rings. The van der Waals surface area contributed by atoms with E-state index in [0.29, 0.717) is 5.92 Å². The smallest absolute Gasteiger partial charge is 0.0884 e. The Balaban J connectivity index is 2.05. The summed E-state index contributed by atoms with van der Waals surface area (Å²) in [5, 5.41) is 4.50. The topological polar surface area (TPSA) is 43.8 Å². The van der Waals surface area contributed by atoms with Crippen molar-refractivity contribution >= 4 is 5.69 Å². The van der Waals surface area contributed by atoms with Crippen LogP contribution in [0.15, 0.2) is 6.20 Å². The van der Waals surface area contributed by atoms with Crippen LogP contribution < -0.4 is 5.73 Å². The van der Waals surface area contributed by atoms with Gasteiger partial charge in [0.15, 0.2) is 0 Å². The van der Waals surface area contributed by atoms with E-state index >= 15 is 0 Å². The van der Waals surface area contributed by atoms with E-state index in [2.05, 4.69) is 12.0 Å². The second kappa shape index (κ2) is 3.40. The highest BCUT2D eigenvalue weighted by Gasteiger charge is 2.28. The summed E-state index contributed by atoms with van der Waals surface area (Å²) < 4.78 is 1.99. The summed E-state index contributed by atoms with van der Waals surface area (Å²) >= 11 is 0. The van der Waals surface area contributed by atoms with Gasteiger partial charge in [-0.1, -0.05) is 13.3 Å². The maximum Gasteiger partial charge on any atom is 0.0884 e. The van der Waals surface area contributed by atoms with Crippen LogP contribution in [-0.2, 0) is 6.54 Å². The van der Waals surface area contributed by atoms with Crippen LogP contribution in [0.1, 0.15) is 44.2 Å². The largest absolute Gasteiger partial charge is 0.396 e. The van der Waals surface area contributed by atoms with E-state index in [1.54, 1.807) is 0 Å². The third kappa shape index (κ3) is 1.85. The molecule has 3 nitrogen and oxygen atoms in total. The van der Waals surface area contributed by atoms with Gasteiger partial charge in [0.05, 0.1) is 11.4 Å². The fourth-order valence-electron chi connectivity index (χ4n) is 1.56. The Morgan fingerprint density at radius 2 is 2.38 bits per heavy atom. The predicted molar refractivity (Wildman–Crippen MR) is 53.5 cm³/mol. The van der Waals surface area contributed by atoms with Gasteiger partial charge in [0.25, 0.3) is 0 Å². The third-order valence-electron chi connectivity index (χ3n) is 2.52. The standard InChI is InChI=1S/C10H17N3/c1-2-3-6-13-7-9(11)10(12-13)8-4-5-8/h7-8H,2-6,11H2,1H3. The summed E-state index contributed by atoms with van der Waals surface area (Å²) in [6, 6.07) is 0. The van der Waals surface area contributed by atoms with Crippen molar-refractivity contribution in [1.82, 2.24) is 9.78 Å². The molecule has 1 aliphatic carbocycles. The highest BCUT2D eigenvalue weighted by molar-refractivity contribution is 5.44. The Labute approximate surface area is 78.9 Å². The number of unbranched alkanes of at least 4 members (excludes halogenated alkanes) is 1. The van der Waals surface area contributed by atoms with E-state index in [0.717, 1.165) is 17.9 Å². The van der Waals surface area contributed by atoms with Crippen molar-refractivity contribution in [2.45, 2.75) is 45.1 Å². The van der Waals surface area contributed by atoms with E-state index in [1.807, 2.05) is 10.9 Å². The molecule has 0 aromatic carbocycles. The van der Waals surface area contributed by atoms with Crippen molar-refractivity contribution in [3.8, 4) is 0 Å². The first kappa shape index (κ1) is 8.60. The number of nitrogens with zero attached hydrogens (tertiary/aromatic N) is 2. The maximum absolute atomic E-state index is 5.87. The van der Waals surface area contributed by atoms with Gasteiger partial charge in [-0.3, -0.25) is 4.68 Å². The second-order valence-corrected chi connectivity index (χ2v) is 3.86.